The molecule has 3 rings (SSSR count). The average Bonchev–Trinajstić information content (AvgIpc) is 2.54. The van der Waals surface area contributed by atoms with Crippen molar-refractivity contribution in [3.05, 3.63) is 35.4 Å². The van der Waals surface area contributed by atoms with Gasteiger partial charge in [0.1, 0.15) is 0 Å². The molecule has 1 heterocycles. The number of benzene rings is 1. The molecule has 2 aliphatic rings. The fourth-order valence-corrected chi connectivity index (χ4v) is 5.06. The lowest BCUT2D eigenvalue weighted by molar-refractivity contribution is 0.258. The molecule has 0 radical (unpaired) electrons. The van der Waals surface area contributed by atoms with E-state index in [4.69, 9.17) is 0 Å². The largest absolute Gasteiger partial charge is 0.282 e. The van der Waals surface area contributed by atoms with Gasteiger partial charge in [0.15, 0.2) is 0 Å². The van der Waals surface area contributed by atoms with Crippen LogP contribution in [0.4, 0.5) is 0 Å². The van der Waals surface area contributed by atoms with Gasteiger partial charge < -0.3 is 0 Å². The van der Waals surface area contributed by atoms with Crippen molar-refractivity contribution >= 4 is 10.2 Å². The second kappa shape index (κ2) is 6.07. The van der Waals surface area contributed by atoms with E-state index in [0.717, 1.165) is 37.7 Å². The third-order valence-electron chi connectivity index (χ3n) is 4.87. The molecule has 0 aromatic heterocycles. The summed E-state index contributed by atoms with van der Waals surface area (Å²) in [6, 6.07) is 8.33. The fourth-order valence-electron chi connectivity index (χ4n) is 3.48. The highest BCUT2D eigenvalue weighted by atomic mass is 32.2. The van der Waals surface area contributed by atoms with Crippen molar-refractivity contribution in [2.45, 2.75) is 51.1 Å². The summed E-state index contributed by atoms with van der Waals surface area (Å²) in [4.78, 5) is 0. The third kappa shape index (κ3) is 3.00. The van der Waals surface area contributed by atoms with Crippen molar-refractivity contribution in [2.24, 2.45) is 0 Å². The average molecular weight is 308 g/mol. The molecular formula is C16H24N2O2S. The van der Waals surface area contributed by atoms with Crippen LogP contribution in [-0.2, 0) is 23.2 Å². The summed E-state index contributed by atoms with van der Waals surface area (Å²) in [5, 5.41) is 0. The van der Waals surface area contributed by atoms with Crippen LogP contribution in [0.15, 0.2) is 24.3 Å². The molecule has 1 aromatic rings. The number of hydrogen-bond donors (Lipinski definition) is 0. The molecule has 4 nitrogen and oxygen atoms in total. The Morgan fingerprint density at radius 1 is 1.10 bits per heavy atom. The van der Waals surface area contributed by atoms with Gasteiger partial charge in [-0.3, -0.25) is 0 Å². The number of fused-ring (bicyclic) bond motifs is 1. The number of rotatable bonds is 3. The predicted octanol–water partition coefficient (Wildman–Crippen LogP) is 2.55. The fraction of sp³-hybridized carbons (Fsp3) is 0.625. The standard InChI is InChI=1S/C16H24N2O2S/c1-17(16-9-3-2-4-10-16)21(19,20)18-12-11-14-7-5-6-8-15(14)13-18/h5-8,16H,2-4,9-13H2,1H3. The second-order valence-corrected chi connectivity index (χ2v) is 8.16. The van der Waals surface area contributed by atoms with Gasteiger partial charge in [0, 0.05) is 26.2 Å². The van der Waals surface area contributed by atoms with Gasteiger partial charge in [-0.05, 0) is 30.4 Å². The molecule has 0 unspecified atom stereocenters. The number of nitrogens with zero attached hydrogens (tertiary/aromatic N) is 2. The van der Waals surface area contributed by atoms with Crippen molar-refractivity contribution in [3.8, 4) is 0 Å². The maximum absolute atomic E-state index is 12.8. The van der Waals surface area contributed by atoms with E-state index in [1.54, 1.807) is 15.7 Å². The van der Waals surface area contributed by atoms with Crippen molar-refractivity contribution in [1.82, 2.24) is 8.61 Å². The molecule has 1 aromatic carbocycles. The van der Waals surface area contributed by atoms with E-state index in [0.29, 0.717) is 13.1 Å². The minimum atomic E-state index is -3.34. The number of hydrogen-bond acceptors (Lipinski definition) is 2. The zero-order chi connectivity index (χ0) is 14.9. The van der Waals surface area contributed by atoms with Crippen LogP contribution in [0.5, 0.6) is 0 Å². The van der Waals surface area contributed by atoms with E-state index >= 15 is 0 Å². The molecule has 1 aliphatic carbocycles. The SMILES string of the molecule is CN(C1CCCCC1)S(=O)(=O)N1CCc2ccccc2C1. The summed E-state index contributed by atoms with van der Waals surface area (Å²) in [7, 11) is -1.58. The zero-order valence-corrected chi connectivity index (χ0v) is 13.5. The van der Waals surface area contributed by atoms with Crippen molar-refractivity contribution in [3.63, 3.8) is 0 Å². The highest BCUT2D eigenvalue weighted by Crippen LogP contribution is 2.27. The summed E-state index contributed by atoms with van der Waals surface area (Å²) < 4.78 is 29.0. The van der Waals surface area contributed by atoms with Crippen LogP contribution >= 0.6 is 0 Å². The van der Waals surface area contributed by atoms with E-state index in [1.165, 1.54) is 12.0 Å². The van der Waals surface area contributed by atoms with E-state index in [1.807, 2.05) is 18.2 Å². The summed E-state index contributed by atoms with van der Waals surface area (Å²) in [6.45, 7) is 1.10. The van der Waals surface area contributed by atoms with E-state index in [9.17, 15) is 8.42 Å². The lowest BCUT2D eigenvalue weighted by Crippen LogP contribution is -2.48. The highest BCUT2D eigenvalue weighted by molar-refractivity contribution is 7.86. The van der Waals surface area contributed by atoms with Gasteiger partial charge in [-0.25, -0.2) is 0 Å². The Morgan fingerprint density at radius 2 is 1.76 bits per heavy atom. The van der Waals surface area contributed by atoms with Gasteiger partial charge in [-0.15, -0.1) is 0 Å². The van der Waals surface area contributed by atoms with Gasteiger partial charge >= 0.3 is 0 Å². The third-order valence-corrected chi connectivity index (χ3v) is 6.87. The molecule has 0 bridgehead atoms. The molecule has 0 atom stereocenters. The molecule has 0 spiro atoms. The Balaban J connectivity index is 1.76. The molecular weight excluding hydrogens is 284 g/mol. The lowest BCUT2D eigenvalue weighted by atomic mass is 9.96. The molecule has 21 heavy (non-hydrogen) atoms. The van der Waals surface area contributed by atoms with Crippen LogP contribution in [0, 0.1) is 0 Å². The van der Waals surface area contributed by atoms with Crippen LogP contribution < -0.4 is 0 Å². The molecule has 1 fully saturated rings. The Kier molecular flexibility index (Phi) is 4.33. The maximum Gasteiger partial charge on any atom is 0.282 e. The van der Waals surface area contributed by atoms with Gasteiger partial charge in [-0.1, -0.05) is 43.5 Å². The molecule has 1 aliphatic heterocycles. The zero-order valence-electron chi connectivity index (χ0n) is 12.7. The topological polar surface area (TPSA) is 40.6 Å². The quantitative estimate of drug-likeness (QED) is 0.861. The smallest absolute Gasteiger partial charge is 0.195 e. The van der Waals surface area contributed by atoms with Crippen LogP contribution in [-0.4, -0.2) is 36.7 Å². The van der Waals surface area contributed by atoms with Gasteiger partial charge in [-0.2, -0.15) is 17.0 Å². The normalized spacial score (nSPS) is 21.4. The minimum absolute atomic E-state index is 0.181. The first kappa shape index (κ1) is 15.0. The first-order chi connectivity index (χ1) is 10.1. The first-order valence-electron chi connectivity index (χ1n) is 7.89. The lowest BCUT2D eigenvalue weighted by Gasteiger charge is -2.36. The van der Waals surface area contributed by atoms with Gasteiger partial charge in [0.25, 0.3) is 10.2 Å². The molecule has 116 valence electrons. The van der Waals surface area contributed by atoms with Gasteiger partial charge in [0.05, 0.1) is 0 Å². The van der Waals surface area contributed by atoms with Gasteiger partial charge in [0.2, 0.25) is 0 Å². The minimum Gasteiger partial charge on any atom is -0.195 e. The summed E-state index contributed by atoms with van der Waals surface area (Å²) >= 11 is 0. The van der Waals surface area contributed by atoms with Crippen molar-refractivity contribution in [2.75, 3.05) is 13.6 Å². The highest BCUT2D eigenvalue weighted by Gasteiger charge is 2.34. The summed E-state index contributed by atoms with van der Waals surface area (Å²) in [5.41, 5.74) is 2.42. The second-order valence-electron chi connectivity index (χ2n) is 6.17. The molecule has 0 N–H and O–H groups in total. The Morgan fingerprint density at radius 3 is 2.48 bits per heavy atom. The Hall–Kier alpha value is -0.910. The van der Waals surface area contributed by atoms with Crippen LogP contribution in [0.2, 0.25) is 0 Å². The van der Waals surface area contributed by atoms with Crippen molar-refractivity contribution < 1.29 is 8.42 Å². The first-order valence-corrected chi connectivity index (χ1v) is 9.28. The van der Waals surface area contributed by atoms with Crippen molar-refractivity contribution in [1.29, 1.82) is 0 Å². The van der Waals surface area contributed by atoms with Crippen LogP contribution in [0.1, 0.15) is 43.2 Å². The predicted molar refractivity (Wildman–Crippen MR) is 84.1 cm³/mol. The van der Waals surface area contributed by atoms with E-state index < -0.39 is 10.2 Å². The Bertz CT molecular complexity index is 594. The van der Waals surface area contributed by atoms with Crippen LogP contribution in [0.25, 0.3) is 0 Å². The Labute approximate surface area is 127 Å². The maximum atomic E-state index is 12.8. The van der Waals surface area contributed by atoms with Crippen LogP contribution in [0.3, 0.4) is 0 Å². The summed E-state index contributed by atoms with van der Waals surface area (Å²) in [6.07, 6.45) is 6.34. The van der Waals surface area contributed by atoms with E-state index in [-0.39, 0.29) is 6.04 Å². The molecule has 5 heteroatoms. The summed E-state index contributed by atoms with van der Waals surface area (Å²) in [5.74, 6) is 0. The monoisotopic (exact) mass is 308 g/mol. The molecule has 0 amide bonds. The van der Waals surface area contributed by atoms with E-state index in [2.05, 4.69) is 6.07 Å². The molecule has 1 saturated carbocycles. The molecule has 0 saturated heterocycles.